The third-order valence-electron chi connectivity index (χ3n) is 5.25. The van der Waals surface area contributed by atoms with Crippen molar-refractivity contribution in [2.75, 3.05) is 32.1 Å². The lowest BCUT2D eigenvalue weighted by molar-refractivity contribution is -0.384. The van der Waals surface area contributed by atoms with Gasteiger partial charge in [-0.3, -0.25) is 19.7 Å². The minimum Gasteiger partial charge on any atom is -0.377 e. The van der Waals surface area contributed by atoms with Gasteiger partial charge in [-0.25, -0.2) is 8.78 Å². The van der Waals surface area contributed by atoms with Crippen LogP contribution in [0.1, 0.15) is 33.6 Å². The molecule has 0 bridgehead atoms. The van der Waals surface area contributed by atoms with Gasteiger partial charge in [0.05, 0.1) is 16.1 Å². The smallest absolute Gasteiger partial charge is 0.270 e. The molecule has 1 aliphatic rings. The Labute approximate surface area is 172 Å². The monoisotopic (exact) mass is 417 g/mol. The summed E-state index contributed by atoms with van der Waals surface area (Å²) < 4.78 is 27.3. The Hall–Kier alpha value is -3.36. The van der Waals surface area contributed by atoms with Gasteiger partial charge in [0.1, 0.15) is 11.6 Å². The van der Waals surface area contributed by atoms with Crippen molar-refractivity contribution in [3.05, 3.63) is 69.3 Å². The maximum absolute atomic E-state index is 13.9. The molecule has 0 spiro atoms. The molecule has 1 aliphatic heterocycles. The van der Waals surface area contributed by atoms with Crippen LogP contribution in [0.15, 0.2) is 36.4 Å². The summed E-state index contributed by atoms with van der Waals surface area (Å²) in [4.78, 5) is 39.4. The number of anilines is 1. The molecule has 0 radical (unpaired) electrons. The maximum Gasteiger partial charge on any atom is 0.270 e. The van der Waals surface area contributed by atoms with Crippen LogP contribution >= 0.6 is 0 Å². The van der Waals surface area contributed by atoms with Gasteiger partial charge in [-0.2, -0.15) is 0 Å². The van der Waals surface area contributed by atoms with Crippen molar-refractivity contribution in [2.45, 2.75) is 12.8 Å². The molecular weight excluding hydrogens is 396 g/mol. The number of amides is 1. The Morgan fingerprint density at radius 3 is 2.33 bits per heavy atom. The van der Waals surface area contributed by atoms with Crippen molar-refractivity contribution in [1.82, 2.24) is 4.90 Å². The number of nitro groups is 1. The first-order chi connectivity index (χ1) is 14.2. The van der Waals surface area contributed by atoms with Gasteiger partial charge in [0, 0.05) is 50.9 Å². The number of carbonyl (C=O) groups excluding carboxylic acids is 2. The summed E-state index contributed by atoms with van der Waals surface area (Å²) in [6.45, 7) is 0.476. The number of likely N-dealkylation sites (tertiary alicyclic amines) is 1. The number of rotatable bonds is 5. The number of benzene rings is 2. The summed E-state index contributed by atoms with van der Waals surface area (Å²) in [6.07, 6.45) is 0.597. The van der Waals surface area contributed by atoms with E-state index in [1.54, 1.807) is 19.0 Å². The summed E-state index contributed by atoms with van der Waals surface area (Å²) in [5.74, 6) is -2.83. The number of nitrogens with zero attached hydrogens (tertiary/aromatic N) is 3. The quantitative estimate of drug-likeness (QED) is 0.421. The topological polar surface area (TPSA) is 83.8 Å². The van der Waals surface area contributed by atoms with Crippen LogP contribution < -0.4 is 4.90 Å². The Morgan fingerprint density at radius 1 is 1.07 bits per heavy atom. The van der Waals surface area contributed by atoms with E-state index in [4.69, 9.17) is 0 Å². The number of ketones is 1. The second-order valence-electron chi connectivity index (χ2n) is 7.41. The molecule has 0 N–H and O–H groups in total. The van der Waals surface area contributed by atoms with Gasteiger partial charge in [-0.15, -0.1) is 0 Å². The molecule has 3 rings (SSSR count). The number of hydrogen-bond donors (Lipinski definition) is 0. The number of hydrogen-bond acceptors (Lipinski definition) is 5. The number of Topliss-reactive ketones (excluding diaryl/α,β-unsaturated/α-hetero) is 1. The van der Waals surface area contributed by atoms with Crippen LogP contribution in [0.5, 0.6) is 0 Å². The Bertz CT molecular complexity index is 1000. The van der Waals surface area contributed by atoms with Crippen LogP contribution in [0, 0.1) is 27.7 Å². The largest absolute Gasteiger partial charge is 0.377 e. The fourth-order valence-electron chi connectivity index (χ4n) is 3.62. The van der Waals surface area contributed by atoms with Gasteiger partial charge >= 0.3 is 0 Å². The Kier molecular flexibility index (Phi) is 6.09. The summed E-state index contributed by atoms with van der Waals surface area (Å²) in [5.41, 5.74) is 0.282. The molecule has 1 saturated heterocycles. The third kappa shape index (κ3) is 4.29. The van der Waals surface area contributed by atoms with Gasteiger partial charge in [0.15, 0.2) is 5.78 Å². The molecule has 1 amide bonds. The highest BCUT2D eigenvalue weighted by molar-refractivity contribution is 6.01. The second-order valence-corrected chi connectivity index (χ2v) is 7.41. The first kappa shape index (κ1) is 21.4. The van der Waals surface area contributed by atoms with Crippen molar-refractivity contribution >= 4 is 23.1 Å². The van der Waals surface area contributed by atoms with Crippen molar-refractivity contribution < 1.29 is 23.3 Å². The van der Waals surface area contributed by atoms with Crippen molar-refractivity contribution in [3.63, 3.8) is 0 Å². The van der Waals surface area contributed by atoms with Crippen LogP contribution in [-0.4, -0.2) is 48.7 Å². The van der Waals surface area contributed by atoms with Crippen LogP contribution in [0.25, 0.3) is 0 Å². The highest BCUT2D eigenvalue weighted by Crippen LogP contribution is 2.29. The lowest BCUT2D eigenvalue weighted by atomic mass is 9.88. The molecule has 1 heterocycles. The second kappa shape index (κ2) is 8.56. The predicted molar refractivity (Wildman–Crippen MR) is 107 cm³/mol. The van der Waals surface area contributed by atoms with Gasteiger partial charge < -0.3 is 9.80 Å². The molecule has 9 heteroatoms. The van der Waals surface area contributed by atoms with E-state index in [9.17, 15) is 28.5 Å². The molecule has 1 fully saturated rings. The zero-order chi connectivity index (χ0) is 22.0. The maximum atomic E-state index is 13.9. The molecule has 0 atom stereocenters. The summed E-state index contributed by atoms with van der Waals surface area (Å²) in [6, 6.07) is 6.87. The molecule has 0 aliphatic carbocycles. The number of carbonyl (C=O) groups is 2. The molecule has 0 unspecified atom stereocenters. The number of non-ortho nitro benzene ring substituents is 1. The molecule has 2 aromatic rings. The molecule has 7 nitrogen and oxygen atoms in total. The number of halogens is 2. The van der Waals surface area contributed by atoms with Crippen LogP contribution in [0.2, 0.25) is 0 Å². The summed E-state index contributed by atoms with van der Waals surface area (Å²) >= 11 is 0. The van der Waals surface area contributed by atoms with Crippen LogP contribution in [-0.2, 0) is 0 Å². The van der Waals surface area contributed by atoms with E-state index in [0.717, 1.165) is 18.2 Å². The van der Waals surface area contributed by atoms with E-state index in [2.05, 4.69) is 0 Å². The van der Waals surface area contributed by atoms with E-state index in [1.165, 1.54) is 23.1 Å². The molecule has 2 aromatic carbocycles. The van der Waals surface area contributed by atoms with Crippen molar-refractivity contribution in [1.29, 1.82) is 0 Å². The van der Waals surface area contributed by atoms with Crippen LogP contribution in [0.3, 0.4) is 0 Å². The van der Waals surface area contributed by atoms with Crippen LogP contribution in [0.4, 0.5) is 20.2 Å². The van der Waals surface area contributed by atoms with Crippen molar-refractivity contribution in [3.8, 4) is 0 Å². The SMILES string of the molecule is CN(C)c1ccc([N+](=O)[O-])cc1C(=O)N1CCC(C(=O)c2cc(F)ccc2F)CC1. The average Bonchev–Trinajstić information content (AvgIpc) is 2.74. The minimum atomic E-state index is -0.771. The molecule has 158 valence electrons. The minimum absolute atomic E-state index is 0.185. The molecule has 0 aromatic heterocycles. The van der Waals surface area contributed by atoms with E-state index < -0.39 is 28.3 Å². The summed E-state index contributed by atoms with van der Waals surface area (Å²) in [5, 5.41) is 11.1. The average molecular weight is 417 g/mol. The Balaban J connectivity index is 1.76. The normalized spacial score (nSPS) is 14.5. The predicted octanol–water partition coefficient (Wildman–Crippen LogP) is 3.67. The first-order valence-corrected chi connectivity index (χ1v) is 9.43. The van der Waals surface area contributed by atoms with E-state index in [0.29, 0.717) is 18.5 Å². The fourth-order valence-corrected chi connectivity index (χ4v) is 3.62. The highest BCUT2D eigenvalue weighted by atomic mass is 19.1. The van der Waals surface area contributed by atoms with Gasteiger partial charge in [-0.05, 0) is 37.1 Å². The van der Waals surface area contributed by atoms with E-state index in [-0.39, 0.29) is 35.8 Å². The van der Waals surface area contributed by atoms with Crippen molar-refractivity contribution in [2.24, 2.45) is 5.92 Å². The Morgan fingerprint density at radius 2 is 1.73 bits per heavy atom. The zero-order valence-electron chi connectivity index (χ0n) is 16.6. The summed E-state index contributed by atoms with van der Waals surface area (Å²) in [7, 11) is 3.47. The number of piperidine rings is 1. The van der Waals surface area contributed by atoms with E-state index in [1.807, 2.05) is 0 Å². The van der Waals surface area contributed by atoms with Gasteiger partial charge in [0.2, 0.25) is 0 Å². The molecule has 30 heavy (non-hydrogen) atoms. The standard InChI is InChI=1S/C21H21F2N3O4/c1-24(2)19-6-4-15(26(29)30)12-17(19)21(28)25-9-7-13(8-10-25)20(27)16-11-14(22)3-5-18(16)23/h3-6,11-13H,7-10H2,1-2H3. The number of nitro benzene ring substituents is 1. The lowest BCUT2D eigenvalue weighted by Gasteiger charge is -2.32. The third-order valence-corrected chi connectivity index (χ3v) is 5.25. The molecule has 0 saturated carbocycles. The molecular formula is C21H21F2N3O4. The highest BCUT2D eigenvalue weighted by Gasteiger charge is 2.31. The van der Waals surface area contributed by atoms with Gasteiger partial charge in [0.25, 0.3) is 11.6 Å². The van der Waals surface area contributed by atoms with E-state index >= 15 is 0 Å². The fraction of sp³-hybridized carbons (Fsp3) is 0.333. The zero-order valence-corrected chi connectivity index (χ0v) is 16.6. The first-order valence-electron chi connectivity index (χ1n) is 9.43. The van der Waals surface area contributed by atoms with Gasteiger partial charge in [-0.1, -0.05) is 0 Å². The lowest BCUT2D eigenvalue weighted by Crippen LogP contribution is -2.40.